The number of piperidine rings is 1. The molecule has 1 saturated heterocycles. The van der Waals surface area contributed by atoms with E-state index in [9.17, 15) is 0 Å². The van der Waals surface area contributed by atoms with Gasteiger partial charge in [-0.3, -0.25) is 4.84 Å². The van der Waals surface area contributed by atoms with E-state index in [1.54, 1.807) is 6.07 Å². The Morgan fingerprint density at radius 1 is 1.25 bits per heavy atom. The van der Waals surface area contributed by atoms with Crippen LogP contribution in [-0.4, -0.2) is 19.2 Å². The van der Waals surface area contributed by atoms with Crippen molar-refractivity contribution in [2.24, 2.45) is 5.90 Å². The van der Waals surface area contributed by atoms with Crippen LogP contribution in [0.1, 0.15) is 12.8 Å². The molecule has 1 aromatic rings. The third-order valence-electron chi connectivity index (χ3n) is 2.78. The molecule has 0 aromatic heterocycles. The van der Waals surface area contributed by atoms with Gasteiger partial charge in [0.05, 0.1) is 6.10 Å². The Hall–Kier alpha value is -0.480. The van der Waals surface area contributed by atoms with E-state index in [-0.39, 0.29) is 6.10 Å². The van der Waals surface area contributed by atoms with Gasteiger partial charge in [0.25, 0.3) is 0 Å². The zero-order valence-electron chi connectivity index (χ0n) is 8.83. The van der Waals surface area contributed by atoms with Gasteiger partial charge >= 0.3 is 0 Å². The van der Waals surface area contributed by atoms with Gasteiger partial charge < -0.3 is 4.90 Å². The molecule has 16 heavy (non-hydrogen) atoms. The molecule has 5 heteroatoms. The predicted octanol–water partition coefficient (Wildman–Crippen LogP) is 2.85. The average Bonchev–Trinajstić information content (AvgIpc) is 2.28. The first-order valence-electron chi connectivity index (χ1n) is 5.25. The van der Waals surface area contributed by atoms with Crippen LogP contribution in [0.25, 0.3) is 0 Å². The fourth-order valence-corrected chi connectivity index (χ4v) is 2.52. The molecular weight excluding hydrogens is 247 g/mol. The number of hydrogen-bond donors (Lipinski definition) is 1. The lowest BCUT2D eigenvalue weighted by Gasteiger charge is -2.33. The summed E-state index contributed by atoms with van der Waals surface area (Å²) < 4.78 is 0. The largest absolute Gasteiger partial charge is 0.369 e. The van der Waals surface area contributed by atoms with Crippen molar-refractivity contribution in [2.45, 2.75) is 18.9 Å². The number of nitrogens with zero attached hydrogens (tertiary/aromatic N) is 1. The molecule has 1 heterocycles. The molecule has 0 radical (unpaired) electrons. The molecule has 0 bridgehead atoms. The summed E-state index contributed by atoms with van der Waals surface area (Å²) in [6, 6.07) is 5.55. The Balaban J connectivity index is 2.16. The summed E-state index contributed by atoms with van der Waals surface area (Å²) in [6.07, 6.45) is 2.15. The highest BCUT2D eigenvalue weighted by Gasteiger charge is 2.20. The van der Waals surface area contributed by atoms with Gasteiger partial charge in [-0.1, -0.05) is 23.2 Å². The molecule has 2 N–H and O–H groups in total. The van der Waals surface area contributed by atoms with Gasteiger partial charge in [-0.05, 0) is 31.0 Å². The second-order valence-electron chi connectivity index (χ2n) is 3.97. The van der Waals surface area contributed by atoms with Gasteiger partial charge in [-0.2, -0.15) is 0 Å². The summed E-state index contributed by atoms with van der Waals surface area (Å²) in [6.45, 7) is 1.77. The normalized spacial score (nSPS) is 21.2. The van der Waals surface area contributed by atoms with E-state index in [4.69, 9.17) is 33.9 Å². The SMILES string of the molecule is NOC1CCCN(c2cc(Cl)cc(Cl)c2)C1. The average molecular weight is 261 g/mol. The lowest BCUT2D eigenvalue weighted by molar-refractivity contribution is 0.0435. The van der Waals surface area contributed by atoms with Crippen LogP contribution in [0.5, 0.6) is 0 Å². The number of halogens is 2. The minimum absolute atomic E-state index is 0.0894. The van der Waals surface area contributed by atoms with E-state index in [1.165, 1.54) is 0 Å². The molecule has 3 nitrogen and oxygen atoms in total. The second-order valence-corrected chi connectivity index (χ2v) is 4.85. The number of hydrogen-bond acceptors (Lipinski definition) is 3. The van der Waals surface area contributed by atoms with Gasteiger partial charge in [0.2, 0.25) is 0 Å². The molecule has 1 aliphatic rings. The maximum absolute atomic E-state index is 5.97. The summed E-state index contributed by atoms with van der Waals surface area (Å²) in [7, 11) is 0. The maximum Gasteiger partial charge on any atom is 0.0962 e. The van der Waals surface area contributed by atoms with Crippen LogP contribution in [0.15, 0.2) is 18.2 Å². The van der Waals surface area contributed by atoms with Gasteiger partial charge in [0.15, 0.2) is 0 Å². The van der Waals surface area contributed by atoms with Crippen LogP contribution in [0.2, 0.25) is 10.0 Å². The van der Waals surface area contributed by atoms with E-state index in [0.717, 1.165) is 31.6 Å². The summed E-state index contributed by atoms with van der Waals surface area (Å²) in [4.78, 5) is 7.09. The summed E-state index contributed by atoms with van der Waals surface area (Å²) in [5.41, 5.74) is 1.03. The van der Waals surface area contributed by atoms with Crippen molar-refractivity contribution in [3.05, 3.63) is 28.2 Å². The third-order valence-corrected chi connectivity index (χ3v) is 3.22. The van der Waals surface area contributed by atoms with Crippen molar-refractivity contribution in [1.29, 1.82) is 0 Å². The molecular formula is C11H14Cl2N2O. The van der Waals surface area contributed by atoms with Crippen molar-refractivity contribution in [2.75, 3.05) is 18.0 Å². The van der Waals surface area contributed by atoms with Crippen LogP contribution < -0.4 is 10.8 Å². The summed E-state index contributed by atoms with van der Waals surface area (Å²) in [5, 5.41) is 1.30. The molecule has 1 fully saturated rings. The minimum atomic E-state index is 0.0894. The minimum Gasteiger partial charge on any atom is -0.369 e. The van der Waals surface area contributed by atoms with E-state index in [1.807, 2.05) is 12.1 Å². The second kappa shape index (κ2) is 5.23. The van der Waals surface area contributed by atoms with E-state index < -0.39 is 0 Å². The molecule has 0 amide bonds. The Morgan fingerprint density at radius 3 is 2.56 bits per heavy atom. The van der Waals surface area contributed by atoms with Crippen molar-refractivity contribution in [3.63, 3.8) is 0 Å². The lowest BCUT2D eigenvalue weighted by Crippen LogP contribution is -2.40. The number of benzene rings is 1. The first kappa shape index (κ1) is 12.0. The number of anilines is 1. The molecule has 1 unspecified atom stereocenters. The topological polar surface area (TPSA) is 38.5 Å². The van der Waals surface area contributed by atoms with Gasteiger partial charge in [-0.25, -0.2) is 5.90 Å². The fourth-order valence-electron chi connectivity index (χ4n) is 2.01. The van der Waals surface area contributed by atoms with Crippen molar-refractivity contribution < 1.29 is 4.84 Å². The first-order valence-corrected chi connectivity index (χ1v) is 6.01. The Morgan fingerprint density at radius 2 is 1.94 bits per heavy atom. The monoisotopic (exact) mass is 260 g/mol. The van der Waals surface area contributed by atoms with E-state index in [0.29, 0.717) is 10.0 Å². The van der Waals surface area contributed by atoms with Crippen LogP contribution in [0.4, 0.5) is 5.69 Å². The standard InChI is InChI=1S/C11H14Cl2N2O/c12-8-4-9(13)6-10(5-8)15-3-1-2-11(7-15)16-14/h4-6,11H,1-3,7,14H2. The van der Waals surface area contributed by atoms with Gasteiger partial charge in [-0.15, -0.1) is 0 Å². The van der Waals surface area contributed by atoms with Gasteiger partial charge in [0.1, 0.15) is 0 Å². The highest BCUT2D eigenvalue weighted by atomic mass is 35.5. The van der Waals surface area contributed by atoms with E-state index >= 15 is 0 Å². The fraction of sp³-hybridized carbons (Fsp3) is 0.455. The quantitative estimate of drug-likeness (QED) is 0.832. The zero-order valence-corrected chi connectivity index (χ0v) is 10.3. The van der Waals surface area contributed by atoms with Crippen molar-refractivity contribution >= 4 is 28.9 Å². The predicted molar refractivity (Wildman–Crippen MR) is 67.0 cm³/mol. The van der Waals surface area contributed by atoms with Crippen LogP contribution >= 0.6 is 23.2 Å². The highest BCUT2D eigenvalue weighted by molar-refractivity contribution is 6.35. The van der Waals surface area contributed by atoms with Crippen LogP contribution in [0.3, 0.4) is 0 Å². The van der Waals surface area contributed by atoms with E-state index in [2.05, 4.69) is 4.90 Å². The smallest absolute Gasteiger partial charge is 0.0962 e. The molecule has 2 rings (SSSR count). The molecule has 1 aliphatic heterocycles. The highest BCUT2D eigenvalue weighted by Crippen LogP contribution is 2.27. The molecule has 1 atom stereocenters. The number of rotatable bonds is 2. The Bertz CT molecular complexity index is 353. The molecule has 88 valence electrons. The van der Waals surface area contributed by atoms with Crippen molar-refractivity contribution in [1.82, 2.24) is 0 Å². The number of nitrogens with two attached hydrogens (primary N) is 1. The molecule has 0 aliphatic carbocycles. The maximum atomic E-state index is 5.97. The summed E-state index contributed by atoms with van der Waals surface area (Å²) >= 11 is 11.9. The zero-order chi connectivity index (χ0) is 11.5. The van der Waals surface area contributed by atoms with Crippen molar-refractivity contribution in [3.8, 4) is 0 Å². The van der Waals surface area contributed by atoms with Gasteiger partial charge in [0, 0.05) is 28.8 Å². The Kier molecular flexibility index (Phi) is 3.92. The molecule has 0 spiro atoms. The molecule has 0 saturated carbocycles. The first-order chi connectivity index (χ1) is 7.69. The van der Waals surface area contributed by atoms with Crippen LogP contribution in [-0.2, 0) is 4.84 Å². The lowest BCUT2D eigenvalue weighted by atomic mass is 10.1. The Labute approximate surface area is 105 Å². The molecule has 1 aromatic carbocycles. The van der Waals surface area contributed by atoms with Crippen LogP contribution in [0, 0.1) is 0 Å². The third kappa shape index (κ3) is 2.80. The summed E-state index contributed by atoms with van der Waals surface area (Å²) in [5.74, 6) is 5.22.